The van der Waals surface area contributed by atoms with E-state index in [-0.39, 0.29) is 0 Å². The van der Waals surface area contributed by atoms with Gasteiger partial charge in [-0.05, 0) is 25.1 Å². The zero-order valence-electron chi connectivity index (χ0n) is 12.2. The summed E-state index contributed by atoms with van der Waals surface area (Å²) >= 11 is 0. The van der Waals surface area contributed by atoms with Crippen molar-refractivity contribution < 1.29 is 9.26 Å². The Morgan fingerprint density at radius 1 is 1.00 bits per heavy atom. The molecule has 0 spiro atoms. The van der Waals surface area contributed by atoms with E-state index in [1.165, 1.54) is 5.56 Å². The number of ether oxygens (including phenoxy) is 1. The molecule has 3 aromatic rings. The number of nitrogens with zero attached hydrogens (tertiary/aromatic N) is 1. The van der Waals surface area contributed by atoms with Crippen LogP contribution < -0.4 is 4.74 Å². The number of hydrogen-bond acceptors (Lipinski definition) is 3. The van der Waals surface area contributed by atoms with Crippen LogP contribution in [0.5, 0.6) is 5.75 Å². The minimum absolute atomic E-state index is 0.555. The van der Waals surface area contributed by atoms with E-state index in [9.17, 15) is 0 Å². The molecule has 108 valence electrons. The molecule has 0 N–H and O–H groups in total. The SMILES string of the molecule is Cc1cccc(-c2cc(C3=CCOc4ccccc43)no2)c1. The first-order valence-electron chi connectivity index (χ1n) is 7.28. The summed E-state index contributed by atoms with van der Waals surface area (Å²) in [6.07, 6.45) is 2.04. The molecule has 0 radical (unpaired) electrons. The highest BCUT2D eigenvalue weighted by molar-refractivity contribution is 5.83. The molecule has 4 rings (SSSR count). The van der Waals surface area contributed by atoms with Crippen molar-refractivity contribution in [2.24, 2.45) is 0 Å². The second-order valence-corrected chi connectivity index (χ2v) is 5.37. The zero-order valence-corrected chi connectivity index (χ0v) is 12.2. The Balaban J connectivity index is 1.75. The molecule has 1 aliphatic rings. The lowest BCUT2D eigenvalue weighted by atomic mass is 9.99. The molecular formula is C19H15NO2. The smallest absolute Gasteiger partial charge is 0.167 e. The standard InChI is InChI=1S/C19H15NO2/c1-13-5-4-6-14(11-13)19-12-17(20-22-19)15-9-10-21-18-8-3-2-7-16(15)18/h2-9,11-12H,10H2,1H3. The van der Waals surface area contributed by atoms with Gasteiger partial charge in [0.25, 0.3) is 0 Å². The molecule has 2 aromatic carbocycles. The summed E-state index contributed by atoms with van der Waals surface area (Å²) in [4.78, 5) is 0. The maximum Gasteiger partial charge on any atom is 0.167 e. The molecule has 0 atom stereocenters. The van der Waals surface area contributed by atoms with Crippen LogP contribution in [0.4, 0.5) is 0 Å². The third kappa shape index (κ3) is 2.21. The Morgan fingerprint density at radius 3 is 2.82 bits per heavy atom. The van der Waals surface area contributed by atoms with Crippen molar-refractivity contribution in [2.45, 2.75) is 6.92 Å². The van der Waals surface area contributed by atoms with E-state index in [2.05, 4.69) is 24.2 Å². The van der Waals surface area contributed by atoms with Crippen molar-refractivity contribution in [1.82, 2.24) is 5.16 Å². The fourth-order valence-electron chi connectivity index (χ4n) is 2.72. The number of aromatic nitrogens is 1. The van der Waals surface area contributed by atoms with Crippen LogP contribution in [0.2, 0.25) is 0 Å². The Bertz CT molecular complexity index is 861. The van der Waals surface area contributed by atoms with Crippen molar-refractivity contribution in [3.8, 4) is 17.1 Å². The van der Waals surface area contributed by atoms with Crippen molar-refractivity contribution in [2.75, 3.05) is 6.61 Å². The number of fused-ring (bicyclic) bond motifs is 1. The van der Waals surface area contributed by atoms with Gasteiger partial charge in [0.1, 0.15) is 18.1 Å². The largest absolute Gasteiger partial charge is 0.489 e. The molecule has 0 unspecified atom stereocenters. The normalized spacial score (nSPS) is 13.2. The lowest BCUT2D eigenvalue weighted by Gasteiger charge is -2.16. The van der Waals surface area contributed by atoms with E-state index in [4.69, 9.17) is 9.26 Å². The molecule has 0 saturated heterocycles. The molecule has 22 heavy (non-hydrogen) atoms. The van der Waals surface area contributed by atoms with Gasteiger partial charge >= 0.3 is 0 Å². The van der Waals surface area contributed by atoms with Crippen LogP contribution in [0.25, 0.3) is 16.9 Å². The highest BCUT2D eigenvalue weighted by Crippen LogP contribution is 2.34. The summed E-state index contributed by atoms with van der Waals surface area (Å²) in [6.45, 7) is 2.62. The fourth-order valence-corrected chi connectivity index (χ4v) is 2.72. The number of aryl methyl sites for hydroxylation is 1. The van der Waals surface area contributed by atoms with Gasteiger partial charge < -0.3 is 9.26 Å². The van der Waals surface area contributed by atoms with Crippen molar-refractivity contribution >= 4 is 5.57 Å². The quantitative estimate of drug-likeness (QED) is 0.698. The molecule has 2 heterocycles. The molecule has 0 amide bonds. The summed E-state index contributed by atoms with van der Waals surface area (Å²) < 4.78 is 11.2. The number of hydrogen-bond donors (Lipinski definition) is 0. The van der Waals surface area contributed by atoms with Gasteiger partial charge in [-0.25, -0.2) is 0 Å². The van der Waals surface area contributed by atoms with Gasteiger partial charge in [-0.3, -0.25) is 0 Å². The highest BCUT2D eigenvalue weighted by atomic mass is 16.5. The monoisotopic (exact) mass is 289 g/mol. The molecule has 0 saturated carbocycles. The third-order valence-electron chi connectivity index (χ3n) is 3.79. The van der Waals surface area contributed by atoms with Gasteiger partial charge in [0.2, 0.25) is 0 Å². The second-order valence-electron chi connectivity index (χ2n) is 5.37. The van der Waals surface area contributed by atoms with Gasteiger partial charge in [-0.2, -0.15) is 0 Å². The summed E-state index contributed by atoms with van der Waals surface area (Å²) in [5.74, 6) is 1.67. The maximum absolute atomic E-state index is 5.65. The minimum Gasteiger partial charge on any atom is -0.489 e. The molecule has 0 fully saturated rings. The highest BCUT2D eigenvalue weighted by Gasteiger charge is 2.18. The third-order valence-corrected chi connectivity index (χ3v) is 3.79. The van der Waals surface area contributed by atoms with Crippen LogP contribution in [-0.2, 0) is 0 Å². The van der Waals surface area contributed by atoms with E-state index in [1.807, 2.05) is 48.5 Å². The topological polar surface area (TPSA) is 35.3 Å². The van der Waals surface area contributed by atoms with E-state index < -0.39 is 0 Å². The molecule has 3 heteroatoms. The first-order chi connectivity index (χ1) is 10.8. The van der Waals surface area contributed by atoms with Gasteiger partial charge in [0.15, 0.2) is 5.76 Å². The van der Waals surface area contributed by atoms with Gasteiger partial charge in [-0.1, -0.05) is 47.1 Å². The summed E-state index contributed by atoms with van der Waals surface area (Å²) in [5.41, 5.74) is 5.19. The maximum atomic E-state index is 5.65. The van der Waals surface area contributed by atoms with E-state index in [1.54, 1.807) is 0 Å². The predicted molar refractivity (Wildman–Crippen MR) is 85.7 cm³/mol. The van der Waals surface area contributed by atoms with Gasteiger partial charge in [0.05, 0.1) is 0 Å². The first kappa shape index (κ1) is 12.9. The minimum atomic E-state index is 0.555. The Morgan fingerprint density at radius 2 is 1.91 bits per heavy atom. The number of para-hydroxylation sites is 1. The van der Waals surface area contributed by atoms with E-state index in [0.717, 1.165) is 33.9 Å². The molecular weight excluding hydrogens is 274 g/mol. The lowest BCUT2D eigenvalue weighted by Crippen LogP contribution is -2.05. The van der Waals surface area contributed by atoms with Crippen LogP contribution in [0.1, 0.15) is 16.8 Å². The van der Waals surface area contributed by atoms with Crippen LogP contribution in [-0.4, -0.2) is 11.8 Å². The van der Waals surface area contributed by atoms with Crippen molar-refractivity contribution in [3.05, 3.63) is 77.5 Å². The second kappa shape index (κ2) is 5.19. The first-order valence-corrected chi connectivity index (χ1v) is 7.28. The molecule has 0 aliphatic carbocycles. The van der Waals surface area contributed by atoms with Crippen LogP contribution in [0.15, 0.2) is 65.2 Å². The number of benzene rings is 2. The Hall–Kier alpha value is -2.81. The zero-order chi connectivity index (χ0) is 14.9. The van der Waals surface area contributed by atoms with Gasteiger partial charge in [0, 0.05) is 22.8 Å². The summed E-state index contributed by atoms with van der Waals surface area (Å²) in [6, 6.07) is 18.2. The van der Waals surface area contributed by atoms with E-state index in [0.29, 0.717) is 6.61 Å². The number of rotatable bonds is 2. The van der Waals surface area contributed by atoms with Gasteiger partial charge in [-0.15, -0.1) is 0 Å². The van der Waals surface area contributed by atoms with Crippen LogP contribution >= 0.6 is 0 Å². The summed E-state index contributed by atoms with van der Waals surface area (Å²) in [5, 5.41) is 4.25. The lowest BCUT2D eigenvalue weighted by molar-refractivity contribution is 0.357. The average Bonchev–Trinajstić information content (AvgIpc) is 3.04. The van der Waals surface area contributed by atoms with E-state index >= 15 is 0 Å². The van der Waals surface area contributed by atoms with Crippen molar-refractivity contribution in [3.63, 3.8) is 0 Å². The van der Waals surface area contributed by atoms with Crippen LogP contribution in [0.3, 0.4) is 0 Å². The molecule has 1 aromatic heterocycles. The van der Waals surface area contributed by atoms with Crippen LogP contribution in [0, 0.1) is 6.92 Å². The van der Waals surface area contributed by atoms with Crippen molar-refractivity contribution in [1.29, 1.82) is 0 Å². The molecule has 3 nitrogen and oxygen atoms in total. The Kier molecular flexibility index (Phi) is 3.04. The Labute approximate surface area is 128 Å². The molecule has 1 aliphatic heterocycles. The average molecular weight is 289 g/mol. The summed E-state index contributed by atoms with van der Waals surface area (Å²) in [7, 11) is 0. The predicted octanol–water partition coefficient (Wildman–Crippen LogP) is 4.47. The molecule has 0 bridgehead atoms. The fraction of sp³-hybridized carbons (Fsp3) is 0.105.